The summed E-state index contributed by atoms with van der Waals surface area (Å²) in [5.74, 6) is 0.116. The van der Waals surface area contributed by atoms with E-state index < -0.39 is 0 Å². The van der Waals surface area contributed by atoms with Crippen LogP contribution in [-0.2, 0) is 0 Å². The molecule has 2 aliphatic rings. The fourth-order valence-electron chi connectivity index (χ4n) is 3.56. The molecular formula is C15H19ClN2O. The molecule has 102 valence electrons. The largest absolute Gasteiger partial charge is 0.333 e. The molecule has 2 heterocycles. The Morgan fingerprint density at radius 1 is 1.26 bits per heavy atom. The van der Waals surface area contributed by atoms with Crippen molar-refractivity contribution in [3.63, 3.8) is 0 Å². The lowest BCUT2D eigenvalue weighted by molar-refractivity contribution is 0.0575. The van der Waals surface area contributed by atoms with Crippen molar-refractivity contribution in [1.82, 2.24) is 4.90 Å². The monoisotopic (exact) mass is 278 g/mol. The van der Waals surface area contributed by atoms with E-state index in [0.29, 0.717) is 22.7 Å². The Bertz CT molecular complexity index is 483. The fraction of sp³-hybridized carbons (Fsp3) is 0.533. The molecule has 0 aromatic heterocycles. The highest BCUT2D eigenvalue weighted by molar-refractivity contribution is 6.31. The SMILES string of the molecule is Cc1cc(Cl)cc(C(=O)N2C3CCC2CC(N)C3)c1. The number of fused-ring (bicyclic) bond motifs is 2. The van der Waals surface area contributed by atoms with Crippen LogP contribution in [0.2, 0.25) is 5.02 Å². The number of hydrogen-bond donors (Lipinski definition) is 1. The molecule has 3 nitrogen and oxygen atoms in total. The van der Waals surface area contributed by atoms with Crippen molar-refractivity contribution < 1.29 is 4.79 Å². The van der Waals surface area contributed by atoms with E-state index in [2.05, 4.69) is 4.90 Å². The Morgan fingerprint density at radius 2 is 1.89 bits per heavy atom. The number of halogens is 1. The molecule has 2 aliphatic heterocycles. The predicted molar refractivity (Wildman–Crippen MR) is 76.4 cm³/mol. The summed E-state index contributed by atoms with van der Waals surface area (Å²) in [5.41, 5.74) is 7.78. The van der Waals surface area contributed by atoms with Gasteiger partial charge in [0.15, 0.2) is 0 Å². The number of carbonyl (C=O) groups is 1. The third kappa shape index (κ3) is 2.37. The summed E-state index contributed by atoms with van der Waals surface area (Å²) >= 11 is 6.05. The molecule has 3 rings (SSSR count). The van der Waals surface area contributed by atoms with E-state index >= 15 is 0 Å². The highest BCUT2D eigenvalue weighted by atomic mass is 35.5. The number of carbonyl (C=O) groups excluding carboxylic acids is 1. The molecular weight excluding hydrogens is 260 g/mol. The van der Waals surface area contributed by atoms with Gasteiger partial charge in [-0.1, -0.05) is 11.6 Å². The van der Waals surface area contributed by atoms with Crippen LogP contribution in [0.1, 0.15) is 41.6 Å². The summed E-state index contributed by atoms with van der Waals surface area (Å²) in [7, 11) is 0. The maximum absolute atomic E-state index is 12.7. The number of amides is 1. The van der Waals surface area contributed by atoms with Crippen molar-refractivity contribution in [3.8, 4) is 0 Å². The van der Waals surface area contributed by atoms with Crippen molar-refractivity contribution in [3.05, 3.63) is 34.3 Å². The van der Waals surface area contributed by atoms with Crippen LogP contribution in [0.4, 0.5) is 0 Å². The second-order valence-corrected chi connectivity index (χ2v) is 6.28. The Morgan fingerprint density at radius 3 is 2.47 bits per heavy atom. The molecule has 2 fully saturated rings. The second kappa shape index (κ2) is 4.80. The van der Waals surface area contributed by atoms with Gasteiger partial charge in [-0.2, -0.15) is 0 Å². The molecule has 2 atom stereocenters. The molecule has 19 heavy (non-hydrogen) atoms. The average Bonchev–Trinajstić information content (AvgIpc) is 2.59. The Kier molecular flexibility index (Phi) is 3.27. The van der Waals surface area contributed by atoms with Crippen LogP contribution in [0.15, 0.2) is 18.2 Å². The molecule has 2 unspecified atom stereocenters. The Balaban J connectivity index is 1.88. The summed E-state index contributed by atoms with van der Waals surface area (Å²) in [4.78, 5) is 14.7. The van der Waals surface area contributed by atoms with Crippen LogP contribution in [0, 0.1) is 6.92 Å². The number of nitrogens with two attached hydrogens (primary N) is 1. The molecule has 1 amide bonds. The first-order valence-electron chi connectivity index (χ1n) is 6.90. The average molecular weight is 279 g/mol. The van der Waals surface area contributed by atoms with Gasteiger partial charge in [0, 0.05) is 28.7 Å². The van der Waals surface area contributed by atoms with Gasteiger partial charge in [0.05, 0.1) is 0 Å². The molecule has 1 aromatic rings. The number of hydrogen-bond acceptors (Lipinski definition) is 2. The zero-order valence-electron chi connectivity index (χ0n) is 11.1. The van der Waals surface area contributed by atoms with Crippen LogP contribution in [0.25, 0.3) is 0 Å². The molecule has 2 saturated heterocycles. The number of benzene rings is 1. The molecule has 0 spiro atoms. The molecule has 4 heteroatoms. The minimum absolute atomic E-state index is 0.116. The molecule has 0 aliphatic carbocycles. The van der Waals surface area contributed by atoms with Gasteiger partial charge in [0.25, 0.3) is 5.91 Å². The van der Waals surface area contributed by atoms with Crippen LogP contribution in [0.5, 0.6) is 0 Å². The molecule has 2 N–H and O–H groups in total. The van der Waals surface area contributed by atoms with Gasteiger partial charge < -0.3 is 10.6 Å². The second-order valence-electron chi connectivity index (χ2n) is 5.85. The van der Waals surface area contributed by atoms with E-state index in [1.807, 2.05) is 19.1 Å². The number of piperidine rings is 1. The summed E-state index contributed by atoms with van der Waals surface area (Å²) in [6.07, 6.45) is 4.04. The lowest BCUT2D eigenvalue weighted by atomic mass is 9.97. The maximum atomic E-state index is 12.7. The first kappa shape index (κ1) is 12.9. The van der Waals surface area contributed by atoms with Gasteiger partial charge in [-0.25, -0.2) is 0 Å². The number of rotatable bonds is 1. The van der Waals surface area contributed by atoms with Crippen LogP contribution >= 0.6 is 11.6 Å². The first-order valence-corrected chi connectivity index (χ1v) is 7.28. The maximum Gasteiger partial charge on any atom is 0.254 e. The topological polar surface area (TPSA) is 46.3 Å². The fourth-order valence-corrected chi connectivity index (χ4v) is 3.85. The first-order chi connectivity index (χ1) is 9.04. The van der Waals surface area contributed by atoms with Gasteiger partial charge in [-0.05, 0) is 56.4 Å². The standard InChI is InChI=1S/C15H19ClN2O/c1-9-4-10(6-11(16)5-9)15(19)18-13-2-3-14(18)8-12(17)7-13/h4-6,12-14H,2-3,7-8,17H2,1H3. The lowest BCUT2D eigenvalue weighted by Gasteiger charge is -2.37. The summed E-state index contributed by atoms with van der Waals surface area (Å²) in [5, 5.41) is 0.629. The van der Waals surface area contributed by atoms with E-state index in [9.17, 15) is 4.79 Å². The van der Waals surface area contributed by atoms with Gasteiger partial charge >= 0.3 is 0 Å². The normalized spacial score (nSPS) is 29.6. The molecule has 2 bridgehead atoms. The van der Waals surface area contributed by atoms with Crippen molar-refractivity contribution >= 4 is 17.5 Å². The van der Waals surface area contributed by atoms with E-state index in [4.69, 9.17) is 17.3 Å². The summed E-state index contributed by atoms with van der Waals surface area (Å²) in [6.45, 7) is 1.96. The van der Waals surface area contributed by atoms with Crippen molar-refractivity contribution in [2.24, 2.45) is 5.73 Å². The Labute approximate surface area is 118 Å². The lowest BCUT2D eigenvalue weighted by Crippen LogP contribution is -2.50. The van der Waals surface area contributed by atoms with Gasteiger partial charge in [0.1, 0.15) is 0 Å². The third-order valence-corrected chi connectivity index (χ3v) is 4.51. The predicted octanol–water partition coefficient (Wildman–Crippen LogP) is 2.74. The van der Waals surface area contributed by atoms with Crippen molar-refractivity contribution in [2.75, 3.05) is 0 Å². The van der Waals surface area contributed by atoms with E-state index in [0.717, 1.165) is 31.2 Å². The van der Waals surface area contributed by atoms with Gasteiger partial charge in [-0.15, -0.1) is 0 Å². The Hall–Kier alpha value is -1.06. The number of nitrogens with zero attached hydrogens (tertiary/aromatic N) is 1. The van der Waals surface area contributed by atoms with Gasteiger partial charge in [-0.3, -0.25) is 4.79 Å². The summed E-state index contributed by atoms with van der Waals surface area (Å²) < 4.78 is 0. The number of aryl methyl sites for hydroxylation is 1. The molecule has 1 aromatic carbocycles. The van der Waals surface area contributed by atoms with E-state index in [1.54, 1.807) is 6.07 Å². The molecule has 0 radical (unpaired) electrons. The zero-order valence-corrected chi connectivity index (χ0v) is 11.9. The van der Waals surface area contributed by atoms with Crippen LogP contribution < -0.4 is 5.73 Å². The highest BCUT2D eigenvalue weighted by Crippen LogP contribution is 2.36. The quantitative estimate of drug-likeness (QED) is 0.859. The third-order valence-electron chi connectivity index (χ3n) is 4.29. The van der Waals surface area contributed by atoms with E-state index in [1.165, 1.54) is 0 Å². The smallest absolute Gasteiger partial charge is 0.254 e. The van der Waals surface area contributed by atoms with Gasteiger partial charge in [0.2, 0.25) is 0 Å². The molecule has 0 saturated carbocycles. The van der Waals surface area contributed by atoms with Crippen molar-refractivity contribution in [2.45, 2.75) is 50.7 Å². The summed E-state index contributed by atoms with van der Waals surface area (Å²) in [6, 6.07) is 6.45. The van der Waals surface area contributed by atoms with Crippen LogP contribution in [-0.4, -0.2) is 28.9 Å². The minimum Gasteiger partial charge on any atom is -0.333 e. The van der Waals surface area contributed by atoms with Crippen molar-refractivity contribution in [1.29, 1.82) is 0 Å². The van der Waals surface area contributed by atoms with Crippen LogP contribution in [0.3, 0.4) is 0 Å². The van der Waals surface area contributed by atoms with E-state index in [-0.39, 0.29) is 11.9 Å². The zero-order chi connectivity index (χ0) is 13.6. The minimum atomic E-state index is 0.116. The highest BCUT2D eigenvalue weighted by Gasteiger charge is 2.42.